The topological polar surface area (TPSA) is 80.0 Å². The third kappa shape index (κ3) is 4.20. The summed E-state index contributed by atoms with van der Waals surface area (Å²) in [6.45, 7) is 12.3. The van der Waals surface area contributed by atoms with Gasteiger partial charge in [-0.15, -0.1) is 0 Å². The second-order valence-electron chi connectivity index (χ2n) is 6.53. The smallest absolute Gasteiger partial charge is 0.251 e. The molecule has 0 aliphatic rings. The highest BCUT2D eigenvalue weighted by molar-refractivity contribution is 5.95. The van der Waals surface area contributed by atoms with E-state index in [1.165, 1.54) is 0 Å². The second-order valence-corrected chi connectivity index (χ2v) is 6.53. The van der Waals surface area contributed by atoms with Crippen LogP contribution < -0.4 is 16.6 Å². The van der Waals surface area contributed by atoms with Gasteiger partial charge in [0.2, 0.25) is 0 Å². The second kappa shape index (κ2) is 6.22. The minimum Gasteiger partial charge on any atom is -0.349 e. The van der Waals surface area contributed by atoms with Crippen molar-refractivity contribution in [3.8, 4) is 0 Å². The van der Waals surface area contributed by atoms with Gasteiger partial charge in [0.05, 0.1) is 0 Å². The molecule has 112 valence electrons. The van der Waals surface area contributed by atoms with Gasteiger partial charge >= 0.3 is 0 Å². The van der Waals surface area contributed by atoms with E-state index in [0.717, 1.165) is 5.69 Å². The molecule has 0 saturated carbocycles. The van der Waals surface area contributed by atoms with E-state index < -0.39 is 0 Å². The van der Waals surface area contributed by atoms with Crippen molar-refractivity contribution < 1.29 is 4.79 Å². The number of pyridine rings is 1. The molecule has 0 aromatic carbocycles. The van der Waals surface area contributed by atoms with Gasteiger partial charge in [0, 0.05) is 17.3 Å². The van der Waals surface area contributed by atoms with E-state index in [1.807, 2.05) is 26.8 Å². The zero-order chi connectivity index (χ0) is 15.5. The summed E-state index contributed by atoms with van der Waals surface area (Å²) < 4.78 is 0. The number of amides is 1. The number of carbonyl (C=O) groups excluding carboxylic acids is 1. The van der Waals surface area contributed by atoms with E-state index in [4.69, 9.17) is 5.84 Å². The molecule has 1 rings (SSSR count). The van der Waals surface area contributed by atoms with Gasteiger partial charge in [-0.25, -0.2) is 10.8 Å². The van der Waals surface area contributed by atoms with Crippen LogP contribution in [0.4, 0.5) is 5.82 Å². The van der Waals surface area contributed by atoms with Crippen LogP contribution >= 0.6 is 0 Å². The van der Waals surface area contributed by atoms with Crippen molar-refractivity contribution in [2.45, 2.75) is 53.5 Å². The molecule has 0 spiro atoms. The maximum absolute atomic E-state index is 12.3. The normalized spacial score (nSPS) is 13.2. The molecule has 0 radical (unpaired) electrons. The fraction of sp³-hybridized carbons (Fsp3) is 0.600. The van der Waals surface area contributed by atoms with Gasteiger partial charge in [0.25, 0.3) is 5.91 Å². The molecule has 1 unspecified atom stereocenters. The van der Waals surface area contributed by atoms with E-state index in [-0.39, 0.29) is 23.3 Å². The number of aromatic nitrogens is 1. The number of nitrogens with zero attached hydrogens (tertiary/aromatic N) is 1. The highest BCUT2D eigenvalue weighted by Crippen LogP contribution is 2.20. The van der Waals surface area contributed by atoms with Crippen LogP contribution in [-0.2, 0) is 0 Å². The van der Waals surface area contributed by atoms with E-state index in [0.29, 0.717) is 11.4 Å². The molecule has 0 saturated heterocycles. The summed E-state index contributed by atoms with van der Waals surface area (Å²) >= 11 is 0. The van der Waals surface area contributed by atoms with Crippen LogP contribution in [0.15, 0.2) is 12.1 Å². The fourth-order valence-electron chi connectivity index (χ4n) is 1.55. The summed E-state index contributed by atoms with van der Waals surface area (Å²) in [4.78, 5) is 16.7. The van der Waals surface area contributed by atoms with E-state index in [9.17, 15) is 4.79 Å². The van der Waals surface area contributed by atoms with Gasteiger partial charge in [0.15, 0.2) is 0 Å². The minimum atomic E-state index is -0.103. The number of nitrogens with one attached hydrogen (secondary N) is 2. The Morgan fingerprint density at radius 2 is 1.85 bits per heavy atom. The molecule has 0 aliphatic carbocycles. The first-order chi connectivity index (χ1) is 9.15. The molecule has 4 N–H and O–H groups in total. The molecule has 1 amide bonds. The summed E-state index contributed by atoms with van der Waals surface area (Å²) in [5.74, 6) is 6.05. The van der Waals surface area contributed by atoms with Gasteiger partial charge in [0.1, 0.15) is 5.82 Å². The number of carbonyl (C=O) groups is 1. The van der Waals surface area contributed by atoms with Crippen LogP contribution in [0.1, 0.15) is 63.5 Å². The molecule has 5 nitrogen and oxygen atoms in total. The average molecular weight is 278 g/mol. The highest BCUT2D eigenvalue weighted by Gasteiger charge is 2.22. The van der Waals surface area contributed by atoms with Gasteiger partial charge in [-0.2, -0.15) is 0 Å². The number of nitrogen functional groups attached to an aromatic ring is 1. The Morgan fingerprint density at radius 3 is 2.30 bits per heavy atom. The van der Waals surface area contributed by atoms with Crippen LogP contribution in [0.2, 0.25) is 0 Å². The lowest BCUT2D eigenvalue weighted by molar-refractivity contribution is 0.0910. The number of hydrogen-bond acceptors (Lipinski definition) is 4. The predicted octanol–water partition coefficient (Wildman–Crippen LogP) is 2.65. The molecule has 1 atom stereocenters. The summed E-state index contributed by atoms with van der Waals surface area (Å²) in [5.41, 5.74) is 3.94. The minimum absolute atomic E-state index is 0.0124. The summed E-state index contributed by atoms with van der Waals surface area (Å²) in [6.07, 6.45) is 0. The number of anilines is 1. The zero-order valence-corrected chi connectivity index (χ0v) is 13.2. The van der Waals surface area contributed by atoms with Crippen LogP contribution in [0.5, 0.6) is 0 Å². The number of nitrogens with two attached hydrogens (primary N) is 1. The van der Waals surface area contributed by atoms with Crippen molar-refractivity contribution >= 4 is 11.7 Å². The van der Waals surface area contributed by atoms with Crippen molar-refractivity contribution in [3.63, 3.8) is 0 Å². The molecule has 0 fully saturated rings. The Morgan fingerprint density at radius 1 is 1.25 bits per heavy atom. The Balaban J connectivity index is 3.01. The van der Waals surface area contributed by atoms with Crippen molar-refractivity contribution in [2.24, 2.45) is 11.3 Å². The van der Waals surface area contributed by atoms with Gasteiger partial charge in [-0.3, -0.25) is 4.79 Å². The molecule has 1 heterocycles. The molecule has 0 bridgehead atoms. The van der Waals surface area contributed by atoms with Gasteiger partial charge in [-0.1, -0.05) is 34.6 Å². The number of rotatable bonds is 4. The van der Waals surface area contributed by atoms with Crippen molar-refractivity contribution in [3.05, 3.63) is 23.4 Å². The predicted molar refractivity (Wildman–Crippen MR) is 82.5 cm³/mol. The Bertz CT molecular complexity index is 477. The zero-order valence-electron chi connectivity index (χ0n) is 13.2. The largest absolute Gasteiger partial charge is 0.349 e. The lowest BCUT2D eigenvalue weighted by Gasteiger charge is -2.28. The standard InChI is InChI=1S/C15H26N4O/c1-9(2)12-7-11(8-13(18-12)19-16)14(20)17-10(3)15(4,5)6/h7-10H,16H2,1-6H3,(H,17,20)(H,18,19). The Kier molecular flexibility index (Phi) is 5.11. The molecule has 0 aliphatic heterocycles. The quantitative estimate of drug-likeness (QED) is 0.584. The highest BCUT2D eigenvalue weighted by atomic mass is 16.1. The first-order valence-electron chi connectivity index (χ1n) is 6.94. The van der Waals surface area contributed by atoms with E-state index in [2.05, 4.69) is 36.5 Å². The van der Waals surface area contributed by atoms with E-state index >= 15 is 0 Å². The van der Waals surface area contributed by atoms with Gasteiger partial charge < -0.3 is 10.7 Å². The fourth-order valence-corrected chi connectivity index (χ4v) is 1.55. The van der Waals surface area contributed by atoms with Crippen molar-refractivity contribution in [2.75, 3.05) is 5.43 Å². The van der Waals surface area contributed by atoms with Crippen LogP contribution in [0.25, 0.3) is 0 Å². The molecular formula is C15H26N4O. The SMILES string of the molecule is CC(C)c1cc(C(=O)NC(C)C(C)(C)C)cc(NN)n1. The summed E-state index contributed by atoms with van der Waals surface area (Å²) in [6, 6.07) is 3.55. The average Bonchev–Trinajstić information content (AvgIpc) is 2.36. The molecule has 5 heteroatoms. The third-order valence-electron chi connectivity index (χ3n) is 3.49. The molecule has 20 heavy (non-hydrogen) atoms. The lowest BCUT2D eigenvalue weighted by Crippen LogP contribution is -2.41. The van der Waals surface area contributed by atoms with Crippen molar-refractivity contribution in [1.29, 1.82) is 0 Å². The van der Waals surface area contributed by atoms with Gasteiger partial charge in [-0.05, 0) is 30.4 Å². The maximum Gasteiger partial charge on any atom is 0.251 e. The molecule has 1 aromatic rings. The number of hydrogen-bond donors (Lipinski definition) is 3. The summed E-state index contributed by atoms with van der Waals surface area (Å²) in [7, 11) is 0. The Labute approximate surface area is 121 Å². The first kappa shape index (κ1) is 16.4. The van der Waals surface area contributed by atoms with Crippen LogP contribution in [0, 0.1) is 5.41 Å². The Hall–Kier alpha value is -1.62. The van der Waals surface area contributed by atoms with E-state index in [1.54, 1.807) is 6.07 Å². The monoisotopic (exact) mass is 278 g/mol. The molecular weight excluding hydrogens is 252 g/mol. The lowest BCUT2D eigenvalue weighted by atomic mass is 9.88. The third-order valence-corrected chi connectivity index (χ3v) is 3.49. The maximum atomic E-state index is 12.3. The summed E-state index contributed by atoms with van der Waals surface area (Å²) in [5, 5.41) is 3.02. The van der Waals surface area contributed by atoms with Crippen LogP contribution in [-0.4, -0.2) is 16.9 Å². The van der Waals surface area contributed by atoms with Crippen LogP contribution in [0.3, 0.4) is 0 Å². The van der Waals surface area contributed by atoms with Crippen molar-refractivity contribution in [1.82, 2.24) is 10.3 Å². The number of hydrazine groups is 1. The first-order valence-corrected chi connectivity index (χ1v) is 6.94. The molecule has 1 aromatic heterocycles.